The Morgan fingerprint density at radius 1 is 1.00 bits per heavy atom. The van der Waals surface area contributed by atoms with Gasteiger partial charge < -0.3 is 10.6 Å². The molecule has 5 heteroatoms. The summed E-state index contributed by atoms with van der Waals surface area (Å²) < 4.78 is 0.926. The normalized spacial score (nSPS) is 10.4. The van der Waals surface area contributed by atoms with E-state index in [9.17, 15) is 4.79 Å². The molecule has 110 valence electrons. The number of benzene rings is 2. The van der Waals surface area contributed by atoms with Gasteiger partial charge in [0.2, 0.25) is 5.91 Å². The van der Waals surface area contributed by atoms with Crippen molar-refractivity contribution in [2.75, 3.05) is 17.2 Å². The molecule has 0 bridgehead atoms. The van der Waals surface area contributed by atoms with E-state index in [-0.39, 0.29) is 12.5 Å². The van der Waals surface area contributed by atoms with Crippen LogP contribution in [0, 0.1) is 0 Å². The number of aromatic nitrogens is 1. The van der Waals surface area contributed by atoms with Gasteiger partial charge in [-0.1, -0.05) is 30.3 Å². The van der Waals surface area contributed by atoms with Crippen LogP contribution in [0.15, 0.2) is 65.3 Å². The van der Waals surface area contributed by atoms with Gasteiger partial charge in [0.25, 0.3) is 0 Å². The summed E-state index contributed by atoms with van der Waals surface area (Å²) >= 11 is 3.44. The second-order valence-electron chi connectivity index (χ2n) is 4.76. The van der Waals surface area contributed by atoms with Crippen molar-refractivity contribution in [3.05, 3.63) is 65.3 Å². The third kappa shape index (κ3) is 3.26. The van der Waals surface area contributed by atoms with Crippen LogP contribution in [0.25, 0.3) is 10.9 Å². The third-order valence-corrected chi connectivity index (χ3v) is 3.91. The van der Waals surface area contributed by atoms with Crippen LogP contribution in [0.5, 0.6) is 0 Å². The molecule has 0 aliphatic rings. The summed E-state index contributed by atoms with van der Waals surface area (Å²) in [4.78, 5) is 16.4. The summed E-state index contributed by atoms with van der Waals surface area (Å²) in [5, 5.41) is 7.00. The van der Waals surface area contributed by atoms with E-state index < -0.39 is 0 Å². The number of pyridine rings is 1. The molecule has 2 aromatic carbocycles. The van der Waals surface area contributed by atoms with Gasteiger partial charge >= 0.3 is 0 Å². The van der Waals surface area contributed by atoms with Crippen LogP contribution in [0.1, 0.15) is 0 Å². The predicted molar refractivity (Wildman–Crippen MR) is 93.0 cm³/mol. The van der Waals surface area contributed by atoms with Crippen molar-refractivity contribution in [2.24, 2.45) is 0 Å². The molecule has 0 radical (unpaired) electrons. The molecule has 0 saturated carbocycles. The van der Waals surface area contributed by atoms with Crippen LogP contribution in [-0.2, 0) is 4.79 Å². The maximum Gasteiger partial charge on any atom is 0.243 e. The standard InChI is InChI=1S/C17H14BrN3O/c18-13-7-1-2-8-14(13)20-11-16(22)21-15-9-3-5-12-6-4-10-19-17(12)15/h1-10,20H,11H2,(H,21,22). The smallest absolute Gasteiger partial charge is 0.243 e. The van der Waals surface area contributed by atoms with Gasteiger partial charge in [0.05, 0.1) is 17.7 Å². The lowest BCUT2D eigenvalue weighted by Gasteiger charge is -2.10. The van der Waals surface area contributed by atoms with Crippen LogP contribution in [0.2, 0.25) is 0 Å². The lowest BCUT2D eigenvalue weighted by atomic mass is 10.2. The fourth-order valence-corrected chi connectivity index (χ4v) is 2.60. The van der Waals surface area contributed by atoms with Gasteiger partial charge in [-0.05, 0) is 40.2 Å². The molecule has 1 heterocycles. The van der Waals surface area contributed by atoms with E-state index in [0.717, 1.165) is 26.8 Å². The van der Waals surface area contributed by atoms with E-state index in [1.807, 2.05) is 54.6 Å². The molecule has 1 aromatic heterocycles. The highest BCUT2D eigenvalue weighted by molar-refractivity contribution is 9.10. The van der Waals surface area contributed by atoms with Gasteiger partial charge in [0.15, 0.2) is 0 Å². The molecule has 0 spiro atoms. The number of anilines is 2. The maximum absolute atomic E-state index is 12.1. The largest absolute Gasteiger partial charge is 0.375 e. The van der Waals surface area contributed by atoms with Crippen molar-refractivity contribution < 1.29 is 4.79 Å². The van der Waals surface area contributed by atoms with Crippen molar-refractivity contribution in [3.8, 4) is 0 Å². The summed E-state index contributed by atoms with van der Waals surface area (Å²) in [5.41, 5.74) is 2.39. The SMILES string of the molecule is O=C(CNc1ccccc1Br)Nc1cccc2cccnc12. The molecule has 1 amide bonds. The van der Waals surface area contributed by atoms with Crippen molar-refractivity contribution >= 4 is 44.1 Å². The molecule has 0 saturated heterocycles. The monoisotopic (exact) mass is 355 g/mol. The number of carbonyl (C=O) groups excluding carboxylic acids is 1. The lowest BCUT2D eigenvalue weighted by molar-refractivity contribution is -0.114. The van der Waals surface area contributed by atoms with Gasteiger partial charge in [-0.15, -0.1) is 0 Å². The second-order valence-corrected chi connectivity index (χ2v) is 5.62. The van der Waals surface area contributed by atoms with Crippen molar-refractivity contribution in [1.82, 2.24) is 4.98 Å². The van der Waals surface area contributed by atoms with Crippen LogP contribution in [0.4, 0.5) is 11.4 Å². The summed E-state index contributed by atoms with van der Waals surface area (Å²) in [5.74, 6) is -0.117. The van der Waals surface area contributed by atoms with E-state index in [2.05, 4.69) is 31.5 Å². The Balaban J connectivity index is 1.70. The molecular weight excluding hydrogens is 342 g/mol. The van der Waals surface area contributed by atoms with Crippen molar-refractivity contribution in [2.45, 2.75) is 0 Å². The fourth-order valence-electron chi connectivity index (χ4n) is 2.18. The molecule has 22 heavy (non-hydrogen) atoms. The Morgan fingerprint density at radius 2 is 1.77 bits per heavy atom. The number of halogens is 1. The zero-order chi connectivity index (χ0) is 15.4. The van der Waals surface area contributed by atoms with E-state index in [4.69, 9.17) is 0 Å². The minimum Gasteiger partial charge on any atom is -0.375 e. The molecule has 3 aromatic rings. The number of rotatable bonds is 4. The summed E-state index contributed by atoms with van der Waals surface area (Å²) in [6.07, 6.45) is 1.72. The number of hydrogen-bond acceptors (Lipinski definition) is 3. The number of nitrogens with zero attached hydrogens (tertiary/aromatic N) is 1. The number of nitrogens with one attached hydrogen (secondary N) is 2. The minimum atomic E-state index is -0.117. The Kier molecular flexibility index (Phi) is 4.34. The first-order chi connectivity index (χ1) is 10.7. The third-order valence-electron chi connectivity index (χ3n) is 3.22. The summed E-state index contributed by atoms with van der Waals surface area (Å²) in [6.45, 7) is 0.186. The van der Waals surface area contributed by atoms with Crippen molar-refractivity contribution in [3.63, 3.8) is 0 Å². The van der Waals surface area contributed by atoms with E-state index >= 15 is 0 Å². The van der Waals surface area contributed by atoms with E-state index in [0.29, 0.717) is 0 Å². The maximum atomic E-state index is 12.1. The molecule has 4 nitrogen and oxygen atoms in total. The van der Waals surface area contributed by atoms with Gasteiger partial charge in [-0.2, -0.15) is 0 Å². The first-order valence-electron chi connectivity index (χ1n) is 6.86. The Morgan fingerprint density at radius 3 is 2.64 bits per heavy atom. The van der Waals surface area contributed by atoms with Crippen molar-refractivity contribution in [1.29, 1.82) is 0 Å². The van der Waals surface area contributed by atoms with Crippen LogP contribution in [0.3, 0.4) is 0 Å². The predicted octanol–water partition coefficient (Wildman–Crippen LogP) is 4.05. The number of hydrogen-bond donors (Lipinski definition) is 2. The number of fused-ring (bicyclic) bond motifs is 1. The molecule has 0 atom stereocenters. The fraction of sp³-hybridized carbons (Fsp3) is 0.0588. The second kappa shape index (κ2) is 6.58. The Labute approximate surface area is 136 Å². The number of carbonyl (C=O) groups is 1. The zero-order valence-electron chi connectivity index (χ0n) is 11.7. The highest BCUT2D eigenvalue weighted by Gasteiger charge is 2.07. The molecule has 2 N–H and O–H groups in total. The molecule has 0 unspecified atom stereocenters. The Hall–Kier alpha value is -2.40. The zero-order valence-corrected chi connectivity index (χ0v) is 13.3. The van der Waals surface area contributed by atoms with Gasteiger partial charge in [-0.3, -0.25) is 9.78 Å². The molecular formula is C17H14BrN3O. The van der Waals surface area contributed by atoms with Gasteiger partial charge in [-0.25, -0.2) is 0 Å². The number of para-hydroxylation sites is 2. The van der Waals surface area contributed by atoms with Crippen LogP contribution >= 0.6 is 15.9 Å². The molecule has 0 aliphatic carbocycles. The first-order valence-corrected chi connectivity index (χ1v) is 7.65. The minimum absolute atomic E-state index is 0.117. The molecule has 0 fully saturated rings. The van der Waals surface area contributed by atoms with E-state index in [1.54, 1.807) is 6.20 Å². The average Bonchev–Trinajstić information content (AvgIpc) is 2.54. The average molecular weight is 356 g/mol. The Bertz CT molecular complexity index is 814. The molecule has 3 rings (SSSR count). The van der Waals surface area contributed by atoms with Gasteiger partial charge in [0, 0.05) is 21.7 Å². The quantitative estimate of drug-likeness (QED) is 0.742. The topological polar surface area (TPSA) is 54.0 Å². The van der Waals surface area contributed by atoms with Crippen LogP contribution < -0.4 is 10.6 Å². The molecule has 0 aliphatic heterocycles. The highest BCUT2D eigenvalue weighted by atomic mass is 79.9. The van der Waals surface area contributed by atoms with Crippen LogP contribution in [-0.4, -0.2) is 17.4 Å². The lowest BCUT2D eigenvalue weighted by Crippen LogP contribution is -2.22. The first kappa shape index (κ1) is 14.5. The van der Waals surface area contributed by atoms with Gasteiger partial charge in [0.1, 0.15) is 0 Å². The van der Waals surface area contributed by atoms with E-state index in [1.165, 1.54) is 0 Å². The summed E-state index contributed by atoms with van der Waals surface area (Å²) in [6, 6.07) is 17.3. The highest BCUT2D eigenvalue weighted by Crippen LogP contribution is 2.22. The number of amides is 1. The summed E-state index contributed by atoms with van der Waals surface area (Å²) in [7, 11) is 0.